The molecule has 31 heavy (non-hydrogen) atoms. The van der Waals surface area contributed by atoms with Crippen molar-refractivity contribution in [3.8, 4) is 5.75 Å². The van der Waals surface area contributed by atoms with Crippen molar-refractivity contribution in [1.29, 1.82) is 0 Å². The molecule has 0 N–H and O–H groups in total. The van der Waals surface area contributed by atoms with Crippen LogP contribution in [0.25, 0.3) is 10.8 Å². The minimum atomic E-state index is -1.50. The van der Waals surface area contributed by atoms with Gasteiger partial charge in [-0.2, -0.15) is 0 Å². The third kappa shape index (κ3) is 4.81. The summed E-state index contributed by atoms with van der Waals surface area (Å²) in [6.45, 7) is 2.08. The van der Waals surface area contributed by atoms with Crippen molar-refractivity contribution in [1.82, 2.24) is 0 Å². The number of fused-ring (bicyclic) bond motifs is 1. The molecule has 0 radical (unpaired) electrons. The summed E-state index contributed by atoms with van der Waals surface area (Å²) in [6, 6.07) is 5.04. The van der Waals surface area contributed by atoms with Gasteiger partial charge in [0, 0.05) is 5.39 Å². The first-order chi connectivity index (χ1) is 15.0. The summed E-state index contributed by atoms with van der Waals surface area (Å²) < 4.78 is 46.3. The Hall–Kier alpha value is -2.30. The van der Waals surface area contributed by atoms with Crippen LogP contribution in [0.2, 0.25) is 0 Å². The third-order valence-corrected chi connectivity index (χ3v) is 7.22. The van der Waals surface area contributed by atoms with E-state index in [0.29, 0.717) is 5.92 Å². The first kappa shape index (κ1) is 21.9. The van der Waals surface area contributed by atoms with E-state index in [2.05, 4.69) is 19.1 Å². The summed E-state index contributed by atoms with van der Waals surface area (Å²) in [5.74, 6) is -2.01. The first-order valence-corrected chi connectivity index (χ1v) is 11.4. The number of carbonyl (C=O) groups is 1. The highest BCUT2D eigenvalue weighted by Gasteiger charge is 2.33. The Balaban J connectivity index is 1.33. The Morgan fingerprint density at radius 2 is 1.55 bits per heavy atom. The quantitative estimate of drug-likeness (QED) is 0.219. The van der Waals surface area contributed by atoms with Gasteiger partial charge in [-0.1, -0.05) is 12.2 Å². The molecule has 0 heterocycles. The number of halogens is 3. The van der Waals surface area contributed by atoms with Crippen LogP contribution >= 0.6 is 0 Å². The lowest BCUT2D eigenvalue weighted by Crippen LogP contribution is -2.30. The summed E-state index contributed by atoms with van der Waals surface area (Å²) in [5.41, 5.74) is 0. The Kier molecular flexibility index (Phi) is 6.68. The van der Waals surface area contributed by atoms with Crippen LogP contribution in [-0.4, -0.2) is 5.97 Å². The summed E-state index contributed by atoms with van der Waals surface area (Å²) in [4.78, 5) is 12.7. The molecule has 2 aromatic carbocycles. The number of hydrogen-bond acceptors (Lipinski definition) is 2. The molecule has 2 saturated carbocycles. The van der Waals surface area contributed by atoms with Crippen LogP contribution in [0.1, 0.15) is 58.3 Å². The van der Waals surface area contributed by atoms with Gasteiger partial charge in [-0.05, 0) is 106 Å². The second-order valence-corrected chi connectivity index (χ2v) is 9.10. The molecule has 2 nitrogen and oxygen atoms in total. The van der Waals surface area contributed by atoms with Crippen molar-refractivity contribution in [2.24, 2.45) is 23.7 Å². The monoisotopic (exact) mass is 430 g/mol. The van der Waals surface area contributed by atoms with E-state index in [1.165, 1.54) is 43.9 Å². The average Bonchev–Trinajstić information content (AvgIpc) is 2.78. The number of hydrogen-bond donors (Lipinski definition) is 0. The van der Waals surface area contributed by atoms with Crippen molar-refractivity contribution in [3.63, 3.8) is 0 Å². The van der Waals surface area contributed by atoms with E-state index < -0.39 is 17.5 Å². The van der Waals surface area contributed by atoms with Gasteiger partial charge in [0.15, 0.2) is 17.5 Å². The molecule has 2 aliphatic rings. The number of benzene rings is 2. The summed E-state index contributed by atoms with van der Waals surface area (Å²) in [7, 11) is 0. The van der Waals surface area contributed by atoms with Crippen molar-refractivity contribution in [3.05, 3.63) is 53.9 Å². The Bertz CT molecular complexity index is 968. The molecule has 0 aromatic heterocycles. The molecule has 166 valence electrons. The predicted molar refractivity (Wildman–Crippen MR) is 115 cm³/mol. The standard InChI is InChI=1S/C26H29F3O2/c1-2-3-16-4-6-17(7-5-16)18-8-10-19(11-9-18)26(30)31-21-12-13-22-20(14-21)15-23(27)25(29)24(22)28/h2-3,12-19H,4-11H2,1H3/b3-2+. The van der Waals surface area contributed by atoms with Crippen LogP contribution in [0.3, 0.4) is 0 Å². The van der Waals surface area contributed by atoms with E-state index in [4.69, 9.17) is 4.74 Å². The van der Waals surface area contributed by atoms with E-state index in [1.54, 1.807) is 0 Å². The molecule has 2 fully saturated rings. The molecule has 0 saturated heterocycles. The van der Waals surface area contributed by atoms with Crippen LogP contribution in [0.5, 0.6) is 5.75 Å². The number of allylic oxidation sites excluding steroid dienone is 2. The number of rotatable bonds is 4. The number of ether oxygens (including phenoxy) is 1. The lowest BCUT2D eigenvalue weighted by atomic mass is 9.69. The fourth-order valence-electron chi connectivity index (χ4n) is 5.45. The summed E-state index contributed by atoms with van der Waals surface area (Å²) >= 11 is 0. The molecule has 0 bridgehead atoms. The van der Waals surface area contributed by atoms with Crippen LogP contribution < -0.4 is 4.74 Å². The maximum absolute atomic E-state index is 13.9. The van der Waals surface area contributed by atoms with Crippen LogP contribution in [-0.2, 0) is 4.79 Å². The van der Waals surface area contributed by atoms with Gasteiger partial charge in [0.05, 0.1) is 5.92 Å². The fraction of sp³-hybridized carbons (Fsp3) is 0.500. The zero-order valence-electron chi connectivity index (χ0n) is 17.9. The van der Waals surface area contributed by atoms with E-state index in [0.717, 1.165) is 43.6 Å². The molecule has 0 spiro atoms. The Morgan fingerprint density at radius 1 is 0.903 bits per heavy atom. The fourth-order valence-corrected chi connectivity index (χ4v) is 5.45. The predicted octanol–water partition coefficient (Wildman–Crippen LogP) is 7.35. The van der Waals surface area contributed by atoms with E-state index in [1.807, 2.05) is 0 Å². The topological polar surface area (TPSA) is 26.3 Å². The largest absolute Gasteiger partial charge is 0.426 e. The summed E-state index contributed by atoms with van der Waals surface area (Å²) in [5, 5.41) is 0.127. The van der Waals surface area contributed by atoms with Gasteiger partial charge in [-0.15, -0.1) is 0 Å². The minimum Gasteiger partial charge on any atom is -0.426 e. The number of esters is 1. The van der Waals surface area contributed by atoms with Gasteiger partial charge in [0.2, 0.25) is 0 Å². The maximum Gasteiger partial charge on any atom is 0.314 e. The van der Waals surface area contributed by atoms with Gasteiger partial charge >= 0.3 is 5.97 Å². The average molecular weight is 431 g/mol. The maximum atomic E-state index is 13.9. The van der Waals surface area contributed by atoms with E-state index in [-0.39, 0.29) is 28.4 Å². The smallest absolute Gasteiger partial charge is 0.314 e. The molecule has 4 rings (SSSR count). The van der Waals surface area contributed by atoms with Crippen LogP contribution in [0.4, 0.5) is 13.2 Å². The number of carbonyl (C=O) groups excluding carboxylic acids is 1. The van der Waals surface area contributed by atoms with Crippen molar-refractivity contribution in [2.45, 2.75) is 58.3 Å². The third-order valence-electron chi connectivity index (χ3n) is 7.22. The highest BCUT2D eigenvalue weighted by Crippen LogP contribution is 2.42. The normalized spacial score (nSPS) is 27.0. The van der Waals surface area contributed by atoms with Gasteiger partial charge in [-0.25, -0.2) is 13.2 Å². The van der Waals surface area contributed by atoms with Crippen LogP contribution in [0.15, 0.2) is 36.4 Å². The molecule has 2 aliphatic carbocycles. The van der Waals surface area contributed by atoms with Crippen molar-refractivity contribution < 1.29 is 22.7 Å². The van der Waals surface area contributed by atoms with E-state index in [9.17, 15) is 18.0 Å². The Labute approximate surface area is 181 Å². The lowest BCUT2D eigenvalue weighted by molar-refractivity contribution is -0.140. The van der Waals surface area contributed by atoms with Gasteiger partial charge in [-0.3, -0.25) is 4.79 Å². The molecular weight excluding hydrogens is 401 g/mol. The SMILES string of the molecule is C/C=C/C1CCC(C2CCC(C(=O)Oc3ccc4c(F)c(F)c(F)cc4c3)CC2)CC1. The van der Waals surface area contributed by atoms with Gasteiger partial charge < -0.3 is 4.74 Å². The van der Waals surface area contributed by atoms with Gasteiger partial charge in [0.1, 0.15) is 5.75 Å². The molecular formula is C26H29F3O2. The van der Waals surface area contributed by atoms with Crippen molar-refractivity contribution in [2.75, 3.05) is 0 Å². The zero-order chi connectivity index (χ0) is 22.0. The molecule has 2 aromatic rings. The molecule has 0 atom stereocenters. The highest BCUT2D eigenvalue weighted by molar-refractivity contribution is 5.85. The summed E-state index contributed by atoms with van der Waals surface area (Å²) in [6.07, 6.45) is 13.3. The zero-order valence-corrected chi connectivity index (χ0v) is 17.9. The van der Waals surface area contributed by atoms with E-state index >= 15 is 0 Å². The lowest BCUT2D eigenvalue weighted by Gasteiger charge is -2.36. The second kappa shape index (κ2) is 9.46. The second-order valence-electron chi connectivity index (χ2n) is 9.10. The van der Waals surface area contributed by atoms with Crippen LogP contribution in [0, 0.1) is 41.1 Å². The van der Waals surface area contributed by atoms with Gasteiger partial charge in [0.25, 0.3) is 0 Å². The Morgan fingerprint density at radius 3 is 2.19 bits per heavy atom. The first-order valence-electron chi connectivity index (χ1n) is 11.4. The van der Waals surface area contributed by atoms with Crippen molar-refractivity contribution >= 4 is 16.7 Å². The molecule has 0 amide bonds. The molecule has 5 heteroatoms. The molecule has 0 aliphatic heterocycles. The highest BCUT2D eigenvalue weighted by atomic mass is 19.2. The molecule has 0 unspecified atom stereocenters. The minimum absolute atomic E-state index is 0.0386.